The molecule has 1 nitrogen and oxygen atoms in total. The molecule has 1 unspecified atom stereocenters. The summed E-state index contributed by atoms with van der Waals surface area (Å²) >= 11 is 6.11. The Morgan fingerprint density at radius 3 is 2.26 bits per heavy atom. The van der Waals surface area contributed by atoms with Crippen LogP contribution in [0.5, 0.6) is 0 Å². The Morgan fingerprint density at radius 2 is 1.63 bits per heavy atom. The SMILES string of the molecule is Cc1cc(C)cc(CC(O)Cc2ccccc2Cl)c1. The van der Waals surface area contributed by atoms with Crippen LogP contribution in [0.2, 0.25) is 5.02 Å². The van der Waals surface area contributed by atoms with Crippen molar-refractivity contribution in [3.8, 4) is 0 Å². The fourth-order valence-corrected chi connectivity index (χ4v) is 2.66. The quantitative estimate of drug-likeness (QED) is 0.890. The largest absolute Gasteiger partial charge is 0.392 e. The molecular formula is C17H19ClO. The monoisotopic (exact) mass is 274 g/mol. The molecule has 0 amide bonds. The molecule has 0 aliphatic rings. The van der Waals surface area contributed by atoms with Crippen LogP contribution in [0, 0.1) is 13.8 Å². The lowest BCUT2D eigenvalue weighted by Crippen LogP contribution is -2.14. The average molecular weight is 275 g/mol. The van der Waals surface area contributed by atoms with Crippen molar-refractivity contribution in [2.24, 2.45) is 0 Å². The number of hydrogen-bond donors (Lipinski definition) is 1. The van der Waals surface area contributed by atoms with Crippen LogP contribution in [0.4, 0.5) is 0 Å². The fourth-order valence-electron chi connectivity index (χ4n) is 2.45. The molecule has 0 fully saturated rings. The molecule has 0 radical (unpaired) electrons. The highest BCUT2D eigenvalue weighted by molar-refractivity contribution is 6.31. The molecule has 0 heterocycles. The number of rotatable bonds is 4. The molecule has 0 spiro atoms. The number of aliphatic hydroxyl groups excluding tert-OH is 1. The molecule has 19 heavy (non-hydrogen) atoms. The summed E-state index contributed by atoms with van der Waals surface area (Å²) in [6, 6.07) is 14.1. The standard InChI is InChI=1S/C17H19ClO/c1-12-7-13(2)9-14(8-12)10-16(19)11-15-5-3-4-6-17(15)18/h3-9,16,19H,10-11H2,1-2H3. The van der Waals surface area contributed by atoms with Crippen molar-refractivity contribution < 1.29 is 5.11 Å². The summed E-state index contributed by atoms with van der Waals surface area (Å²) in [5.74, 6) is 0. The van der Waals surface area contributed by atoms with Gasteiger partial charge in [-0.15, -0.1) is 0 Å². The zero-order valence-electron chi connectivity index (χ0n) is 11.4. The number of aliphatic hydroxyl groups is 1. The lowest BCUT2D eigenvalue weighted by molar-refractivity contribution is 0.175. The highest BCUT2D eigenvalue weighted by Crippen LogP contribution is 2.18. The molecule has 2 aromatic rings. The van der Waals surface area contributed by atoms with Gasteiger partial charge in [0, 0.05) is 11.4 Å². The Bertz CT molecular complexity index is 543. The molecule has 2 aromatic carbocycles. The maximum absolute atomic E-state index is 10.2. The Labute approximate surface area is 119 Å². The number of aryl methyl sites for hydroxylation is 2. The molecule has 0 aliphatic heterocycles. The van der Waals surface area contributed by atoms with Crippen LogP contribution in [-0.4, -0.2) is 11.2 Å². The maximum atomic E-state index is 10.2. The van der Waals surface area contributed by atoms with E-state index in [-0.39, 0.29) is 0 Å². The molecule has 100 valence electrons. The fraction of sp³-hybridized carbons (Fsp3) is 0.294. The summed E-state index contributed by atoms with van der Waals surface area (Å²) in [4.78, 5) is 0. The van der Waals surface area contributed by atoms with Gasteiger partial charge in [0.25, 0.3) is 0 Å². The Hall–Kier alpha value is -1.31. The summed E-state index contributed by atoms with van der Waals surface area (Å²) < 4.78 is 0. The lowest BCUT2D eigenvalue weighted by atomic mass is 9.98. The van der Waals surface area contributed by atoms with E-state index in [1.165, 1.54) is 16.7 Å². The van der Waals surface area contributed by atoms with Gasteiger partial charge < -0.3 is 5.11 Å². The van der Waals surface area contributed by atoms with Crippen LogP contribution in [0.25, 0.3) is 0 Å². The van der Waals surface area contributed by atoms with Crippen LogP contribution < -0.4 is 0 Å². The third-order valence-corrected chi connectivity index (χ3v) is 3.53. The molecule has 0 saturated heterocycles. The topological polar surface area (TPSA) is 20.2 Å². The minimum absolute atomic E-state index is 0.402. The van der Waals surface area contributed by atoms with E-state index in [9.17, 15) is 5.11 Å². The van der Waals surface area contributed by atoms with Gasteiger partial charge in [0.2, 0.25) is 0 Å². The average Bonchev–Trinajstić information content (AvgIpc) is 2.30. The molecule has 0 aliphatic carbocycles. The molecule has 0 aromatic heterocycles. The molecule has 0 bridgehead atoms. The number of benzene rings is 2. The normalized spacial score (nSPS) is 12.4. The molecule has 1 atom stereocenters. The van der Waals surface area contributed by atoms with Gasteiger partial charge in [0.15, 0.2) is 0 Å². The van der Waals surface area contributed by atoms with Crippen molar-refractivity contribution >= 4 is 11.6 Å². The summed E-state index contributed by atoms with van der Waals surface area (Å²) in [5, 5.41) is 10.9. The van der Waals surface area contributed by atoms with Gasteiger partial charge in [0.1, 0.15) is 0 Å². The van der Waals surface area contributed by atoms with E-state index >= 15 is 0 Å². The summed E-state index contributed by atoms with van der Waals surface area (Å²) in [6.07, 6.45) is 0.849. The first-order valence-electron chi connectivity index (χ1n) is 6.53. The van der Waals surface area contributed by atoms with E-state index in [0.717, 1.165) is 10.6 Å². The molecular weight excluding hydrogens is 256 g/mol. The first-order chi connectivity index (χ1) is 9.04. The molecule has 2 heteroatoms. The summed E-state index contributed by atoms with van der Waals surface area (Å²) in [6.45, 7) is 4.16. The van der Waals surface area contributed by atoms with Crippen molar-refractivity contribution in [3.05, 3.63) is 69.7 Å². The Kier molecular flexibility index (Phi) is 4.62. The lowest BCUT2D eigenvalue weighted by Gasteiger charge is -2.13. The van der Waals surface area contributed by atoms with Crippen LogP contribution in [0.1, 0.15) is 22.3 Å². The second kappa shape index (κ2) is 6.23. The van der Waals surface area contributed by atoms with E-state index in [4.69, 9.17) is 11.6 Å². The minimum atomic E-state index is -0.402. The van der Waals surface area contributed by atoms with E-state index in [1.807, 2.05) is 24.3 Å². The highest BCUT2D eigenvalue weighted by atomic mass is 35.5. The van der Waals surface area contributed by atoms with E-state index in [1.54, 1.807) is 0 Å². The second-order valence-electron chi connectivity index (χ2n) is 5.15. The van der Waals surface area contributed by atoms with Gasteiger partial charge in [-0.1, -0.05) is 59.1 Å². The van der Waals surface area contributed by atoms with Gasteiger partial charge in [-0.3, -0.25) is 0 Å². The first kappa shape index (κ1) is 14.1. The minimum Gasteiger partial charge on any atom is -0.392 e. The first-order valence-corrected chi connectivity index (χ1v) is 6.91. The van der Waals surface area contributed by atoms with Gasteiger partial charge >= 0.3 is 0 Å². The van der Waals surface area contributed by atoms with Crippen molar-refractivity contribution in [1.82, 2.24) is 0 Å². The van der Waals surface area contributed by atoms with E-state index < -0.39 is 6.10 Å². The summed E-state index contributed by atoms with van der Waals surface area (Å²) in [7, 11) is 0. The third-order valence-electron chi connectivity index (χ3n) is 3.17. The van der Waals surface area contributed by atoms with Gasteiger partial charge in [-0.05, 0) is 37.5 Å². The molecule has 0 saturated carbocycles. The predicted molar refractivity (Wildman–Crippen MR) is 80.8 cm³/mol. The highest BCUT2D eigenvalue weighted by Gasteiger charge is 2.09. The number of halogens is 1. The van der Waals surface area contributed by atoms with Crippen LogP contribution in [0.3, 0.4) is 0 Å². The van der Waals surface area contributed by atoms with Crippen LogP contribution >= 0.6 is 11.6 Å². The zero-order chi connectivity index (χ0) is 13.8. The second-order valence-corrected chi connectivity index (χ2v) is 5.56. The molecule has 1 N–H and O–H groups in total. The van der Waals surface area contributed by atoms with E-state index in [0.29, 0.717) is 12.8 Å². The van der Waals surface area contributed by atoms with Crippen LogP contribution in [-0.2, 0) is 12.8 Å². The maximum Gasteiger partial charge on any atom is 0.0621 e. The van der Waals surface area contributed by atoms with Crippen molar-refractivity contribution in [2.75, 3.05) is 0 Å². The van der Waals surface area contributed by atoms with Gasteiger partial charge in [-0.25, -0.2) is 0 Å². The smallest absolute Gasteiger partial charge is 0.0621 e. The van der Waals surface area contributed by atoms with Crippen molar-refractivity contribution in [1.29, 1.82) is 0 Å². The third kappa shape index (κ3) is 4.09. The summed E-state index contributed by atoms with van der Waals surface area (Å²) in [5.41, 5.74) is 4.65. The van der Waals surface area contributed by atoms with Crippen molar-refractivity contribution in [3.63, 3.8) is 0 Å². The van der Waals surface area contributed by atoms with Crippen LogP contribution in [0.15, 0.2) is 42.5 Å². The Morgan fingerprint density at radius 1 is 1.00 bits per heavy atom. The number of hydrogen-bond acceptors (Lipinski definition) is 1. The predicted octanol–water partition coefficient (Wildman–Crippen LogP) is 4.10. The van der Waals surface area contributed by atoms with Gasteiger partial charge in [-0.2, -0.15) is 0 Å². The van der Waals surface area contributed by atoms with E-state index in [2.05, 4.69) is 32.0 Å². The van der Waals surface area contributed by atoms with Crippen molar-refractivity contribution in [2.45, 2.75) is 32.8 Å². The molecule has 2 rings (SSSR count). The Balaban J connectivity index is 2.05. The zero-order valence-corrected chi connectivity index (χ0v) is 12.1. The van der Waals surface area contributed by atoms with Gasteiger partial charge in [0.05, 0.1) is 6.10 Å².